The first-order valence-corrected chi connectivity index (χ1v) is 9.31. The summed E-state index contributed by atoms with van der Waals surface area (Å²) in [7, 11) is 0. The van der Waals surface area contributed by atoms with Crippen molar-refractivity contribution in [3.8, 4) is 0 Å². The van der Waals surface area contributed by atoms with Crippen LogP contribution in [0.2, 0.25) is 0 Å². The Hall–Kier alpha value is -3.08. The number of para-hydroxylation sites is 1. The maximum Gasteiger partial charge on any atom is 0.382 e. The monoisotopic (exact) mass is 361 g/mol. The second-order valence-electron chi connectivity index (χ2n) is 6.85. The van der Waals surface area contributed by atoms with Crippen LogP contribution in [0.5, 0.6) is 0 Å². The molecule has 1 aliphatic heterocycles. The van der Waals surface area contributed by atoms with E-state index in [-0.39, 0.29) is 5.63 Å². The van der Waals surface area contributed by atoms with Crippen molar-refractivity contribution in [1.82, 2.24) is 5.16 Å². The number of aromatic nitrogens is 1. The van der Waals surface area contributed by atoms with Crippen LogP contribution in [0.4, 0.5) is 11.4 Å². The Balaban J connectivity index is 1.59. The van der Waals surface area contributed by atoms with Gasteiger partial charge < -0.3 is 14.3 Å². The molecule has 0 N–H and O–H groups in total. The van der Waals surface area contributed by atoms with Crippen molar-refractivity contribution in [3.05, 3.63) is 87.9 Å². The Bertz CT molecular complexity index is 946. The fraction of sp³-hybridized carbons (Fsp3) is 0.273. The second kappa shape index (κ2) is 7.66. The summed E-state index contributed by atoms with van der Waals surface area (Å²) in [5, 5.41) is 3.97. The predicted octanol–water partition coefficient (Wildman–Crippen LogP) is 3.26. The third-order valence-electron chi connectivity index (χ3n) is 5.12. The molecule has 2 heterocycles. The van der Waals surface area contributed by atoms with Crippen LogP contribution in [-0.4, -0.2) is 31.3 Å². The van der Waals surface area contributed by atoms with Crippen LogP contribution in [-0.2, 0) is 6.42 Å². The van der Waals surface area contributed by atoms with Crippen LogP contribution < -0.4 is 15.4 Å². The molecule has 5 nitrogen and oxygen atoms in total. The van der Waals surface area contributed by atoms with E-state index in [0.717, 1.165) is 43.0 Å². The van der Waals surface area contributed by atoms with Crippen LogP contribution in [0.25, 0.3) is 0 Å². The lowest BCUT2D eigenvalue weighted by Crippen LogP contribution is -2.48. The molecule has 138 valence electrons. The van der Waals surface area contributed by atoms with Crippen molar-refractivity contribution in [2.45, 2.75) is 13.3 Å². The highest BCUT2D eigenvalue weighted by molar-refractivity contribution is 5.56. The molecular weight excluding hydrogens is 338 g/mol. The van der Waals surface area contributed by atoms with Crippen LogP contribution in [0, 0.1) is 6.92 Å². The summed E-state index contributed by atoms with van der Waals surface area (Å²) in [5.41, 5.74) is 4.44. The molecule has 0 amide bonds. The first-order chi connectivity index (χ1) is 13.2. The Labute approximate surface area is 158 Å². The van der Waals surface area contributed by atoms with Crippen molar-refractivity contribution >= 4 is 11.4 Å². The summed E-state index contributed by atoms with van der Waals surface area (Å²) in [6, 6.07) is 20.6. The quantitative estimate of drug-likeness (QED) is 0.714. The molecule has 1 aliphatic rings. The molecule has 5 heteroatoms. The summed E-state index contributed by atoms with van der Waals surface area (Å²) in [6.45, 7) is 5.21. The predicted molar refractivity (Wildman–Crippen MR) is 108 cm³/mol. The minimum atomic E-state index is -0.348. The Kier molecular flexibility index (Phi) is 4.92. The van der Waals surface area contributed by atoms with E-state index < -0.39 is 0 Å². The minimum absolute atomic E-state index is 0.348. The highest BCUT2D eigenvalue weighted by Crippen LogP contribution is 2.24. The molecule has 4 rings (SSSR count). The van der Waals surface area contributed by atoms with Gasteiger partial charge in [-0.2, -0.15) is 0 Å². The molecule has 27 heavy (non-hydrogen) atoms. The molecule has 1 aromatic heterocycles. The number of hydrogen-bond donors (Lipinski definition) is 0. The summed E-state index contributed by atoms with van der Waals surface area (Å²) >= 11 is 0. The highest BCUT2D eigenvalue weighted by Gasteiger charge is 2.24. The van der Waals surface area contributed by atoms with Crippen LogP contribution in [0.1, 0.15) is 16.8 Å². The fourth-order valence-electron chi connectivity index (χ4n) is 3.66. The number of nitrogens with zero attached hydrogens (tertiary/aromatic N) is 3. The number of piperazine rings is 1. The summed E-state index contributed by atoms with van der Waals surface area (Å²) < 4.78 is 5.07. The molecule has 0 radical (unpaired) electrons. The van der Waals surface area contributed by atoms with Gasteiger partial charge in [-0.25, -0.2) is 4.79 Å². The molecule has 2 aromatic carbocycles. The number of aryl methyl sites for hydroxylation is 1. The van der Waals surface area contributed by atoms with E-state index in [0.29, 0.717) is 12.1 Å². The average molecular weight is 361 g/mol. The normalized spacial score (nSPS) is 14.4. The van der Waals surface area contributed by atoms with Crippen molar-refractivity contribution in [2.75, 3.05) is 36.0 Å². The molecule has 0 saturated carbocycles. The third-order valence-corrected chi connectivity index (χ3v) is 5.12. The molecular formula is C22H23N3O2. The van der Waals surface area contributed by atoms with Crippen molar-refractivity contribution < 1.29 is 4.52 Å². The van der Waals surface area contributed by atoms with E-state index >= 15 is 0 Å². The molecule has 3 aromatic rings. The van der Waals surface area contributed by atoms with Gasteiger partial charge in [0.25, 0.3) is 0 Å². The van der Waals surface area contributed by atoms with Gasteiger partial charge in [0.1, 0.15) is 5.69 Å². The standard InChI is InChI=1S/C22H23N3O2/c1-17-20(16-18-8-4-2-5-9-18)21(22(26)27-23-17)25-14-12-24(13-15-25)19-10-6-3-7-11-19/h2-11H,12-16H2,1H3. The summed E-state index contributed by atoms with van der Waals surface area (Å²) in [4.78, 5) is 17.1. The van der Waals surface area contributed by atoms with E-state index in [1.54, 1.807) is 0 Å². The van der Waals surface area contributed by atoms with E-state index in [4.69, 9.17) is 4.52 Å². The molecule has 0 atom stereocenters. The number of benzene rings is 2. The zero-order valence-corrected chi connectivity index (χ0v) is 15.5. The van der Waals surface area contributed by atoms with Gasteiger partial charge in [-0.1, -0.05) is 53.7 Å². The van der Waals surface area contributed by atoms with Gasteiger partial charge in [-0.3, -0.25) is 0 Å². The van der Waals surface area contributed by atoms with Crippen molar-refractivity contribution in [3.63, 3.8) is 0 Å². The lowest BCUT2D eigenvalue weighted by molar-refractivity contribution is 0.360. The number of anilines is 2. The molecule has 0 aliphatic carbocycles. The van der Waals surface area contributed by atoms with Gasteiger partial charge in [-0.15, -0.1) is 0 Å². The fourth-order valence-corrected chi connectivity index (χ4v) is 3.66. The average Bonchev–Trinajstić information content (AvgIpc) is 2.73. The lowest BCUT2D eigenvalue weighted by Gasteiger charge is -2.37. The molecule has 1 fully saturated rings. The largest absolute Gasteiger partial charge is 0.382 e. The van der Waals surface area contributed by atoms with Gasteiger partial charge >= 0.3 is 5.63 Å². The smallest absolute Gasteiger partial charge is 0.368 e. The van der Waals surface area contributed by atoms with Crippen LogP contribution in [0.15, 0.2) is 70.0 Å². The van der Waals surface area contributed by atoms with E-state index in [2.05, 4.69) is 51.4 Å². The minimum Gasteiger partial charge on any atom is -0.368 e. The molecule has 0 bridgehead atoms. The van der Waals surface area contributed by atoms with Crippen molar-refractivity contribution in [2.24, 2.45) is 0 Å². The summed E-state index contributed by atoms with van der Waals surface area (Å²) in [5.74, 6) is 0. The first-order valence-electron chi connectivity index (χ1n) is 9.31. The van der Waals surface area contributed by atoms with Crippen LogP contribution >= 0.6 is 0 Å². The van der Waals surface area contributed by atoms with Crippen molar-refractivity contribution in [1.29, 1.82) is 0 Å². The SMILES string of the molecule is Cc1noc(=O)c(N2CCN(c3ccccc3)CC2)c1Cc1ccccc1. The maximum atomic E-state index is 12.5. The Morgan fingerprint density at radius 2 is 1.48 bits per heavy atom. The Morgan fingerprint density at radius 1 is 0.889 bits per heavy atom. The highest BCUT2D eigenvalue weighted by atomic mass is 16.5. The first kappa shape index (κ1) is 17.3. The lowest BCUT2D eigenvalue weighted by atomic mass is 10.0. The van der Waals surface area contributed by atoms with Gasteiger partial charge in [0.05, 0.1) is 5.69 Å². The Morgan fingerprint density at radius 3 is 2.15 bits per heavy atom. The van der Waals surface area contributed by atoms with Gasteiger partial charge in [0.15, 0.2) is 0 Å². The van der Waals surface area contributed by atoms with Gasteiger partial charge in [-0.05, 0) is 24.6 Å². The molecule has 0 unspecified atom stereocenters. The summed E-state index contributed by atoms with van der Waals surface area (Å²) in [6.07, 6.45) is 0.680. The van der Waals surface area contributed by atoms with E-state index in [1.807, 2.05) is 31.2 Å². The molecule has 0 spiro atoms. The second-order valence-corrected chi connectivity index (χ2v) is 6.85. The van der Waals surface area contributed by atoms with Gasteiger partial charge in [0.2, 0.25) is 0 Å². The number of hydrogen-bond acceptors (Lipinski definition) is 5. The number of rotatable bonds is 4. The zero-order valence-electron chi connectivity index (χ0n) is 15.5. The van der Waals surface area contributed by atoms with E-state index in [9.17, 15) is 4.79 Å². The van der Waals surface area contributed by atoms with E-state index in [1.165, 1.54) is 5.69 Å². The van der Waals surface area contributed by atoms with Crippen LogP contribution in [0.3, 0.4) is 0 Å². The third kappa shape index (κ3) is 3.72. The topological polar surface area (TPSA) is 49.6 Å². The van der Waals surface area contributed by atoms with Gasteiger partial charge in [0, 0.05) is 43.9 Å². The maximum absolute atomic E-state index is 12.5. The molecule has 1 saturated heterocycles. The zero-order chi connectivity index (χ0) is 18.6.